The van der Waals surface area contributed by atoms with Crippen LogP contribution in [0.3, 0.4) is 0 Å². The number of aromatic nitrogens is 1. The van der Waals surface area contributed by atoms with Gasteiger partial charge in [-0.25, -0.2) is 0 Å². The van der Waals surface area contributed by atoms with Crippen LogP contribution in [0.5, 0.6) is 5.75 Å². The van der Waals surface area contributed by atoms with Crippen LogP contribution >= 0.6 is 0 Å². The van der Waals surface area contributed by atoms with E-state index in [4.69, 9.17) is 15.2 Å². The van der Waals surface area contributed by atoms with Crippen LogP contribution in [-0.2, 0) is 4.74 Å². The van der Waals surface area contributed by atoms with E-state index in [1.54, 1.807) is 31.3 Å². The van der Waals surface area contributed by atoms with E-state index in [2.05, 4.69) is 5.32 Å². The molecule has 6 unspecified atom stereocenters. The predicted octanol–water partition coefficient (Wildman–Crippen LogP) is 1.19. The van der Waals surface area contributed by atoms with Crippen molar-refractivity contribution in [2.45, 2.75) is 57.1 Å². The molecule has 1 aromatic carbocycles. The molecular weight excluding hydrogens is 402 g/mol. The van der Waals surface area contributed by atoms with Gasteiger partial charge in [-0.1, -0.05) is 12.2 Å². The molecule has 0 amide bonds. The van der Waals surface area contributed by atoms with E-state index in [9.17, 15) is 20.1 Å². The van der Waals surface area contributed by atoms with Crippen LogP contribution in [0.4, 0.5) is 5.69 Å². The molecule has 9 heteroatoms. The van der Waals surface area contributed by atoms with Crippen LogP contribution in [0.25, 0.3) is 6.08 Å². The Balaban J connectivity index is 1.65. The van der Waals surface area contributed by atoms with E-state index < -0.39 is 36.4 Å². The summed E-state index contributed by atoms with van der Waals surface area (Å²) >= 11 is 0. The van der Waals surface area contributed by atoms with E-state index in [1.807, 2.05) is 19.1 Å². The molecule has 0 spiro atoms. The van der Waals surface area contributed by atoms with Crippen molar-refractivity contribution < 1.29 is 29.6 Å². The Hall–Kier alpha value is -2.69. The summed E-state index contributed by atoms with van der Waals surface area (Å²) in [5, 5.41) is 34.5. The average Bonchev–Trinajstić information content (AvgIpc) is 3.12. The van der Waals surface area contributed by atoms with Gasteiger partial charge in [0.2, 0.25) is 6.29 Å². The maximum atomic E-state index is 13.2. The van der Waals surface area contributed by atoms with Gasteiger partial charge in [0.05, 0.1) is 23.4 Å². The van der Waals surface area contributed by atoms with E-state index in [0.717, 1.165) is 5.56 Å². The van der Waals surface area contributed by atoms with E-state index >= 15 is 0 Å². The first-order valence-electron chi connectivity index (χ1n) is 10.1. The molecule has 2 aliphatic rings. The van der Waals surface area contributed by atoms with Crippen molar-refractivity contribution in [3.05, 3.63) is 53.4 Å². The van der Waals surface area contributed by atoms with Crippen molar-refractivity contribution in [1.82, 2.24) is 4.57 Å². The second-order valence-corrected chi connectivity index (χ2v) is 8.15. The summed E-state index contributed by atoms with van der Waals surface area (Å²) in [5.74, 6) is -0.0852. The molecule has 2 aliphatic heterocycles. The largest absolute Gasteiger partial charge is 0.462 e. The van der Waals surface area contributed by atoms with Crippen molar-refractivity contribution in [3.8, 4) is 5.75 Å². The van der Waals surface area contributed by atoms with E-state index in [1.165, 1.54) is 17.6 Å². The molecule has 9 nitrogen and oxygen atoms in total. The molecule has 1 aromatic heterocycles. The molecule has 1 saturated heterocycles. The standard InChI is InChI=1S/C22H27N3O6/c1-4-5-12-8-16-19(27)24-15-7-6-13(9-14(15)20(28)25(16)10-12)31-21-18(26)22(3,29)17(23)11(2)30-21/h4-11,17-19,21,24,26-27,29H,23H2,1-3H3/b5-4+. The summed E-state index contributed by atoms with van der Waals surface area (Å²) in [7, 11) is 0. The summed E-state index contributed by atoms with van der Waals surface area (Å²) in [4.78, 5) is 13.2. The lowest BCUT2D eigenvalue weighted by atomic mass is 9.85. The third-order valence-electron chi connectivity index (χ3n) is 5.88. The second-order valence-electron chi connectivity index (χ2n) is 8.15. The number of nitrogens with two attached hydrogens (primary N) is 1. The minimum Gasteiger partial charge on any atom is -0.462 e. The van der Waals surface area contributed by atoms with Crippen molar-refractivity contribution in [3.63, 3.8) is 0 Å². The summed E-state index contributed by atoms with van der Waals surface area (Å²) in [6.45, 7) is 4.98. The monoisotopic (exact) mass is 429 g/mol. The smallest absolute Gasteiger partial charge is 0.264 e. The number of allylic oxidation sites excluding steroid dienone is 1. The molecule has 1 fully saturated rings. The van der Waals surface area contributed by atoms with Gasteiger partial charge in [0.15, 0.2) is 6.23 Å². The fourth-order valence-electron chi connectivity index (χ4n) is 3.97. The van der Waals surface area contributed by atoms with Gasteiger partial charge in [0, 0.05) is 11.9 Å². The van der Waals surface area contributed by atoms with Crippen LogP contribution in [-0.4, -0.2) is 55.9 Å². The van der Waals surface area contributed by atoms with Crippen LogP contribution < -0.4 is 15.8 Å². The molecule has 0 radical (unpaired) electrons. The molecule has 166 valence electrons. The van der Waals surface area contributed by atoms with Crippen molar-refractivity contribution in [2.75, 3.05) is 5.32 Å². The topological polar surface area (TPSA) is 139 Å². The summed E-state index contributed by atoms with van der Waals surface area (Å²) in [5.41, 5.74) is 6.24. The Morgan fingerprint density at radius 2 is 2.06 bits per heavy atom. The van der Waals surface area contributed by atoms with Crippen LogP contribution in [0.1, 0.15) is 48.6 Å². The van der Waals surface area contributed by atoms with Gasteiger partial charge in [0.25, 0.3) is 5.91 Å². The predicted molar refractivity (Wildman–Crippen MR) is 113 cm³/mol. The molecule has 2 aromatic rings. The van der Waals surface area contributed by atoms with E-state index in [0.29, 0.717) is 11.4 Å². The highest BCUT2D eigenvalue weighted by Crippen LogP contribution is 2.34. The number of carbonyl (C=O) groups excluding carboxylic acids is 1. The zero-order valence-electron chi connectivity index (χ0n) is 17.5. The number of ether oxygens (including phenoxy) is 2. The number of nitrogens with zero attached hydrogens (tertiary/aromatic N) is 1. The lowest BCUT2D eigenvalue weighted by molar-refractivity contribution is -0.268. The number of hydrogen-bond acceptors (Lipinski definition) is 8. The number of nitrogens with one attached hydrogen (secondary N) is 1. The summed E-state index contributed by atoms with van der Waals surface area (Å²) in [6.07, 6.45) is 1.13. The van der Waals surface area contributed by atoms with E-state index in [-0.39, 0.29) is 17.2 Å². The highest BCUT2D eigenvalue weighted by atomic mass is 16.7. The number of hydrogen-bond donors (Lipinski definition) is 5. The van der Waals surface area contributed by atoms with Crippen molar-refractivity contribution in [1.29, 1.82) is 0 Å². The molecule has 6 atom stereocenters. The van der Waals surface area contributed by atoms with Crippen LogP contribution in [0.2, 0.25) is 0 Å². The van der Waals surface area contributed by atoms with Gasteiger partial charge in [0.1, 0.15) is 17.5 Å². The first kappa shape index (κ1) is 21.5. The van der Waals surface area contributed by atoms with Gasteiger partial charge < -0.3 is 35.8 Å². The first-order valence-corrected chi connectivity index (χ1v) is 10.1. The molecule has 4 rings (SSSR count). The normalized spacial score (nSPS) is 32.9. The number of benzene rings is 1. The first-order chi connectivity index (χ1) is 14.6. The molecule has 6 N–H and O–H groups in total. The lowest BCUT2D eigenvalue weighted by Gasteiger charge is -2.46. The molecule has 3 heterocycles. The quantitative estimate of drug-likeness (QED) is 0.490. The van der Waals surface area contributed by atoms with Crippen molar-refractivity contribution >= 4 is 17.7 Å². The fraction of sp³-hybridized carbons (Fsp3) is 0.409. The molecular formula is C22H27N3O6. The fourth-order valence-corrected chi connectivity index (χ4v) is 3.97. The maximum absolute atomic E-state index is 13.2. The minimum atomic E-state index is -1.61. The Kier molecular flexibility index (Phi) is 5.40. The zero-order valence-corrected chi connectivity index (χ0v) is 17.5. The average molecular weight is 429 g/mol. The van der Waals surface area contributed by atoms with Gasteiger partial charge in [-0.2, -0.15) is 0 Å². The number of carbonyl (C=O) groups is 1. The Morgan fingerprint density at radius 3 is 2.77 bits per heavy atom. The lowest BCUT2D eigenvalue weighted by Crippen LogP contribution is -2.68. The van der Waals surface area contributed by atoms with Gasteiger partial charge in [-0.05, 0) is 50.6 Å². The second kappa shape index (κ2) is 7.77. The van der Waals surface area contributed by atoms with Crippen LogP contribution in [0.15, 0.2) is 36.5 Å². The summed E-state index contributed by atoms with van der Waals surface area (Å²) in [6, 6.07) is 5.64. The molecule has 31 heavy (non-hydrogen) atoms. The maximum Gasteiger partial charge on any atom is 0.264 e. The highest BCUT2D eigenvalue weighted by molar-refractivity contribution is 6.03. The third kappa shape index (κ3) is 3.64. The number of fused-ring (bicyclic) bond motifs is 2. The molecule has 0 saturated carbocycles. The summed E-state index contributed by atoms with van der Waals surface area (Å²) < 4.78 is 12.8. The SMILES string of the molecule is C/C=C/c1cc2n(c1)C(=O)c1cc(OC3OC(C)C(N)C(C)(O)C3O)ccc1NC2O. The van der Waals surface area contributed by atoms with Gasteiger partial charge in [-0.15, -0.1) is 0 Å². The highest BCUT2D eigenvalue weighted by Gasteiger charge is 2.50. The third-order valence-corrected chi connectivity index (χ3v) is 5.88. The minimum absolute atomic E-state index is 0.259. The van der Waals surface area contributed by atoms with Crippen LogP contribution in [0, 0.1) is 0 Å². The van der Waals surface area contributed by atoms with Crippen molar-refractivity contribution in [2.24, 2.45) is 5.73 Å². The Bertz CT molecular complexity index is 1030. The number of aliphatic hydroxyl groups is 3. The van der Waals surface area contributed by atoms with Gasteiger partial charge >= 0.3 is 0 Å². The number of rotatable bonds is 3. The Labute approximate surface area is 179 Å². The number of anilines is 1. The molecule has 0 aliphatic carbocycles. The molecule has 0 bridgehead atoms. The zero-order chi connectivity index (χ0) is 22.5. The van der Waals surface area contributed by atoms with Gasteiger partial charge in [-0.3, -0.25) is 9.36 Å². The number of aliphatic hydroxyl groups excluding tert-OH is 2. The Morgan fingerprint density at radius 1 is 1.32 bits per heavy atom.